The lowest BCUT2D eigenvalue weighted by molar-refractivity contribution is -0.163. The molecule has 3 aliphatic rings. The fourth-order valence-corrected chi connectivity index (χ4v) is 6.86. The zero-order valence-electron chi connectivity index (χ0n) is 24.8. The van der Waals surface area contributed by atoms with E-state index in [4.69, 9.17) is 4.74 Å². The molecule has 0 aromatic heterocycles. The van der Waals surface area contributed by atoms with Crippen molar-refractivity contribution in [3.8, 4) is 0 Å². The molecule has 6 atom stereocenters. The minimum atomic E-state index is -1.87. The third kappa shape index (κ3) is 4.82. The third-order valence-corrected chi connectivity index (χ3v) is 9.31. The average molecular weight is 523 g/mol. The van der Waals surface area contributed by atoms with E-state index in [1.54, 1.807) is 0 Å². The van der Waals surface area contributed by atoms with Gasteiger partial charge in [0.05, 0.1) is 5.92 Å². The minimum Gasteiger partial charge on any atom is -0.442 e. The molecule has 38 heavy (non-hydrogen) atoms. The van der Waals surface area contributed by atoms with Crippen molar-refractivity contribution in [2.45, 2.75) is 106 Å². The molecule has 0 N–H and O–H groups in total. The van der Waals surface area contributed by atoms with E-state index in [-0.39, 0.29) is 30.5 Å². The van der Waals surface area contributed by atoms with Crippen LogP contribution in [0, 0.1) is 28.6 Å². The van der Waals surface area contributed by atoms with Crippen molar-refractivity contribution < 1.29 is 23.9 Å². The quantitative estimate of drug-likeness (QED) is 0.140. The highest BCUT2D eigenvalue weighted by Crippen LogP contribution is 2.62. The molecule has 1 saturated carbocycles. The molecule has 3 rings (SSSR count). The van der Waals surface area contributed by atoms with Gasteiger partial charge in [-0.2, -0.15) is 0 Å². The van der Waals surface area contributed by atoms with Crippen molar-refractivity contribution in [1.82, 2.24) is 0 Å². The summed E-state index contributed by atoms with van der Waals surface area (Å²) >= 11 is 0. The van der Waals surface area contributed by atoms with Gasteiger partial charge in [-0.1, -0.05) is 55.7 Å². The van der Waals surface area contributed by atoms with Crippen LogP contribution >= 0.6 is 0 Å². The van der Waals surface area contributed by atoms with Crippen LogP contribution in [0.4, 0.5) is 0 Å². The number of carbonyl (C=O) groups is 4. The van der Waals surface area contributed by atoms with Crippen LogP contribution in [0.3, 0.4) is 0 Å². The Morgan fingerprint density at radius 3 is 2.08 bits per heavy atom. The van der Waals surface area contributed by atoms with E-state index in [2.05, 4.69) is 13.0 Å². The van der Waals surface area contributed by atoms with E-state index in [0.717, 1.165) is 35.0 Å². The number of ether oxygens (including phenoxy) is 1. The van der Waals surface area contributed by atoms with Gasteiger partial charge in [0, 0.05) is 6.42 Å². The van der Waals surface area contributed by atoms with Crippen molar-refractivity contribution in [3.05, 3.63) is 46.1 Å². The number of esters is 1. The van der Waals surface area contributed by atoms with Crippen LogP contribution in [-0.2, 0) is 23.9 Å². The molecule has 0 aromatic carbocycles. The first-order valence-corrected chi connectivity index (χ1v) is 14.1. The predicted octanol–water partition coefficient (Wildman–Crippen LogP) is 7.06. The maximum atomic E-state index is 14.9. The summed E-state index contributed by atoms with van der Waals surface area (Å²) in [7, 11) is 0. The van der Waals surface area contributed by atoms with Crippen LogP contribution in [0.15, 0.2) is 46.1 Å². The van der Waals surface area contributed by atoms with E-state index in [1.807, 2.05) is 67.5 Å². The van der Waals surface area contributed by atoms with Crippen LogP contribution in [-0.4, -0.2) is 29.4 Å². The Kier molecular flexibility index (Phi) is 8.60. The first-order valence-electron chi connectivity index (χ1n) is 14.1. The van der Waals surface area contributed by atoms with Crippen LogP contribution in [0.5, 0.6) is 0 Å². The van der Waals surface area contributed by atoms with Gasteiger partial charge in [-0.25, -0.2) is 0 Å². The second-order valence-corrected chi connectivity index (χ2v) is 12.9. The molecular weight excluding hydrogens is 476 g/mol. The maximum absolute atomic E-state index is 14.9. The lowest BCUT2D eigenvalue weighted by atomic mass is 9.54. The van der Waals surface area contributed by atoms with Crippen LogP contribution in [0.25, 0.3) is 0 Å². The molecule has 1 aliphatic heterocycles. The SMILES string of the molecule is CCC(C)C1=C(C=O)C[C@]2(C)[C@@H](CC=C(C)C)C[C@@]3(CC=C(C)C)C(=O)O[C@@](CC=C(C)C)(C(=O)[C@@H]12)C3=O. The van der Waals surface area contributed by atoms with Crippen molar-refractivity contribution >= 4 is 23.8 Å². The van der Waals surface area contributed by atoms with E-state index in [0.29, 0.717) is 24.8 Å². The van der Waals surface area contributed by atoms with E-state index in [9.17, 15) is 19.2 Å². The molecule has 1 unspecified atom stereocenters. The van der Waals surface area contributed by atoms with Crippen molar-refractivity contribution in [1.29, 1.82) is 0 Å². The highest BCUT2D eigenvalue weighted by molar-refractivity contribution is 6.25. The van der Waals surface area contributed by atoms with Crippen molar-refractivity contribution in [2.24, 2.45) is 28.6 Å². The molecule has 0 spiro atoms. The monoisotopic (exact) mass is 522 g/mol. The number of carbonyl (C=O) groups excluding carboxylic acids is 4. The smallest absolute Gasteiger partial charge is 0.321 e. The van der Waals surface area contributed by atoms with E-state index < -0.39 is 34.1 Å². The fraction of sp³-hybridized carbons (Fsp3) is 0.636. The van der Waals surface area contributed by atoms with Gasteiger partial charge in [-0.15, -0.1) is 0 Å². The second-order valence-electron chi connectivity index (χ2n) is 12.9. The molecule has 2 aliphatic carbocycles. The Balaban J connectivity index is 2.38. The molecule has 5 heteroatoms. The Morgan fingerprint density at radius 1 is 0.974 bits per heavy atom. The molecule has 0 aromatic rings. The Hall–Kier alpha value is -2.56. The van der Waals surface area contributed by atoms with Gasteiger partial charge in [0.15, 0.2) is 5.78 Å². The normalized spacial score (nSPS) is 33.1. The molecule has 1 heterocycles. The van der Waals surface area contributed by atoms with E-state index in [1.165, 1.54) is 0 Å². The second kappa shape index (κ2) is 10.9. The lowest BCUT2D eigenvalue weighted by Gasteiger charge is -2.46. The largest absolute Gasteiger partial charge is 0.442 e. The number of aldehydes is 1. The van der Waals surface area contributed by atoms with Crippen LogP contribution < -0.4 is 0 Å². The minimum absolute atomic E-state index is 0.00218. The summed E-state index contributed by atoms with van der Waals surface area (Å²) < 4.78 is 6.06. The number of rotatable bonds is 9. The van der Waals surface area contributed by atoms with Gasteiger partial charge in [-0.05, 0) is 102 Å². The summed E-state index contributed by atoms with van der Waals surface area (Å²) in [5.41, 5.74) is 0.700. The number of ketones is 2. The lowest BCUT2D eigenvalue weighted by Crippen LogP contribution is -2.57. The summed E-state index contributed by atoms with van der Waals surface area (Å²) in [5.74, 6) is -2.14. The van der Waals surface area contributed by atoms with Gasteiger partial charge in [0.1, 0.15) is 11.7 Å². The number of hydrogen-bond acceptors (Lipinski definition) is 5. The molecule has 2 fully saturated rings. The van der Waals surface area contributed by atoms with Crippen LogP contribution in [0.1, 0.15) is 101 Å². The Morgan fingerprint density at radius 2 is 1.55 bits per heavy atom. The summed E-state index contributed by atoms with van der Waals surface area (Å²) in [4.78, 5) is 55.8. The molecule has 0 radical (unpaired) electrons. The first-order chi connectivity index (χ1) is 17.7. The topological polar surface area (TPSA) is 77.5 Å². The highest BCUT2D eigenvalue weighted by Gasteiger charge is 2.72. The highest BCUT2D eigenvalue weighted by atomic mass is 16.6. The predicted molar refractivity (Wildman–Crippen MR) is 150 cm³/mol. The molecule has 2 bridgehead atoms. The summed E-state index contributed by atoms with van der Waals surface area (Å²) in [5, 5.41) is 0. The van der Waals surface area contributed by atoms with Gasteiger partial charge in [0.25, 0.3) is 0 Å². The van der Waals surface area contributed by atoms with Crippen molar-refractivity contribution in [2.75, 3.05) is 0 Å². The van der Waals surface area contributed by atoms with Crippen LogP contribution in [0.2, 0.25) is 0 Å². The third-order valence-electron chi connectivity index (χ3n) is 9.31. The zero-order valence-corrected chi connectivity index (χ0v) is 24.8. The number of hydrogen-bond donors (Lipinski definition) is 0. The van der Waals surface area contributed by atoms with Gasteiger partial charge in [-0.3, -0.25) is 19.2 Å². The van der Waals surface area contributed by atoms with Gasteiger partial charge < -0.3 is 4.74 Å². The first kappa shape index (κ1) is 30.0. The molecular formula is C33H46O5. The number of fused-ring (bicyclic) bond motifs is 3. The van der Waals surface area contributed by atoms with Gasteiger partial charge >= 0.3 is 5.97 Å². The Bertz CT molecular complexity index is 1140. The molecule has 1 saturated heterocycles. The molecule has 208 valence electrons. The fourth-order valence-electron chi connectivity index (χ4n) is 6.86. The summed E-state index contributed by atoms with van der Waals surface area (Å²) in [6.45, 7) is 18.0. The number of Topliss-reactive ketones (excluding diaryl/α,β-unsaturated/α-hetero) is 2. The zero-order chi connectivity index (χ0) is 28.6. The summed E-state index contributed by atoms with van der Waals surface area (Å²) in [6.07, 6.45) is 9.22. The van der Waals surface area contributed by atoms with Crippen molar-refractivity contribution in [3.63, 3.8) is 0 Å². The number of allylic oxidation sites excluding steroid dienone is 7. The molecule has 5 nitrogen and oxygen atoms in total. The summed E-state index contributed by atoms with van der Waals surface area (Å²) in [6, 6.07) is 0. The standard InChI is InChI=1S/C33H46O5/c1-10-23(8)26-24(19-34)17-31(9)25(12-11-20(2)3)18-32(15-13-21(4)5)29(36)33(38-30(32)37,16-14-22(6)7)28(35)27(26)31/h11,13-14,19,23,25,27H,10,12,15-18H2,1-9H3/t23?,25-,27+,31+,32+,33-/m0/s1. The maximum Gasteiger partial charge on any atom is 0.321 e. The Labute approximate surface area is 228 Å². The van der Waals surface area contributed by atoms with Gasteiger partial charge in [0.2, 0.25) is 11.4 Å². The molecule has 0 amide bonds. The average Bonchev–Trinajstić information content (AvgIpc) is 3.27. The van der Waals surface area contributed by atoms with E-state index >= 15 is 0 Å².